The van der Waals surface area contributed by atoms with Crippen LogP contribution in [0, 0.1) is 22.7 Å². The summed E-state index contributed by atoms with van der Waals surface area (Å²) in [5.41, 5.74) is 3.81. The molecule has 0 aliphatic heterocycles. The maximum atomic E-state index is 8.55. The van der Waals surface area contributed by atoms with Crippen molar-refractivity contribution in [2.24, 2.45) is 5.10 Å². The van der Waals surface area contributed by atoms with Gasteiger partial charge in [-0.15, -0.1) is 0 Å². The molecule has 0 aliphatic rings. The van der Waals surface area contributed by atoms with Crippen LogP contribution in [0.5, 0.6) is 0 Å². The molecule has 17 heavy (non-hydrogen) atoms. The first-order valence-corrected chi connectivity index (χ1v) is 5.26. The lowest BCUT2D eigenvalue weighted by molar-refractivity contribution is 1.20. The number of benzene rings is 1. The highest BCUT2D eigenvalue weighted by atomic mass is 35.5. The van der Waals surface area contributed by atoms with Gasteiger partial charge in [0.1, 0.15) is 12.1 Å². The highest BCUT2D eigenvalue weighted by Crippen LogP contribution is 2.25. The van der Waals surface area contributed by atoms with Crippen molar-refractivity contribution in [3.8, 4) is 12.1 Å². The number of rotatable bonds is 4. The Morgan fingerprint density at radius 1 is 1.35 bits per heavy atom. The molecule has 5 nitrogen and oxygen atoms in total. The monoisotopic (exact) mass is 247 g/mol. The highest BCUT2D eigenvalue weighted by Gasteiger charge is 2.02. The summed E-state index contributed by atoms with van der Waals surface area (Å²) in [7, 11) is 0. The van der Waals surface area contributed by atoms with Gasteiger partial charge < -0.3 is 5.32 Å². The minimum absolute atomic E-state index is 0.243. The van der Waals surface area contributed by atoms with E-state index in [1.807, 2.05) is 6.92 Å². The van der Waals surface area contributed by atoms with Crippen LogP contribution in [0.4, 0.5) is 11.4 Å². The normalized spacial score (nSPS) is 8.71. The number of nitrogens with one attached hydrogen (secondary N) is 2. The summed E-state index contributed by atoms with van der Waals surface area (Å²) in [6.07, 6.45) is 0. The van der Waals surface area contributed by atoms with Gasteiger partial charge in [-0.3, -0.25) is 5.43 Å². The van der Waals surface area contributed by atoms with Crippen LogP contribution in [-0.4, -0.2) is 12.3 Å². The number of hydrogen-bond acceptors (Lipinski definition) is 5. The number of halogens is 1. The van der Waals surface area contributed by atoms with Gasteiger partial charge in [0.2, 0.25) is 5.71 Å². The second-order valence-corrected chi connectivity index (χ2v) is 3.45. The Bertz CT molecular complexity index is 494. The maximum absolute atomic E-state index is 8.55. The quantitative estimate of drug-likeness (QED) is 0.633. The van der Waals surface area contributed by atoms with Gasteiger partial charge in [-0.1, -0.05) is 11.6 Å². The summed E-state index contributed by atoms with van der Waals surface area (Å²) in [4.78, 5) is 0. The van der Waals surface area contributed by atoms with E-state index >= 15 is 0 Å². The van der Waals surface area contributed by atoms with Crippen LogP contribution in [0.2, 0.25) is 5.02 Å². The van der Waals surface area contributed by atoms with Crippen LogP contribution in [0.1, 0.15) is 6.92 Å². The second-order valence-electron chi connectivity index (χ2n) is 3.02. The van der Waals surface area contributed by atoms with E-state index in [1.54, 1.807) is 30.3 Å². The van der Waals surface area contributed by atoms with Crippen molar-refractivity contribution >= 4 is 28.7 Å². The summed E-state index contributed by atoms with van der Waals surface area (Å²) in [6.45, 7) is 2.70. The van der Waals surface area contributed by atoms with Gasteiger partial charge in [-0.25, -0.2) is 0 Å². The molecular weight excluding hydrogens is 238 g/mol. The van der Waals surface area contributed by atoms with E-state index in [0.717, 1.165) is 12.2 Å². The molecule has 0 aliphatic carbocycles. The van der Waals surface area contributed by atoms with Crippen molar-refractivity contribution in [3.05, 3.63) is 23.2 Å². The number of hydrazone groups is 1. The molecule has 6 heteroatoms. The van der Waals surface area contributed by atoms with Crippen LogP contribution in [-0.2, 0) is 0 Å². The van der Waals surface area contributed by atoms with Crippen LogP contribution in [0.15, 0.2) is 23.3 Å². The minimum atomic E-state index is -0.243. The Hall–Kier alpha value is -2.24. The molecule has 1 rings (SSSR count). The van der Waals surface area contributed by atoms with Crippen molar-refractivity contribution in [1.82, 2.24) is 0 Å². The first-order valence-electron chi connectivity index (χ1n) is 4.88. The number of anilines is 2. The lowest BCUT2D eigenvalue weighted by atomic mass is 10.2. The Labute approximate surface area is 104 Å². The van der Waals surface area contributed by atoms with Gasteiger partial charge in [0.05, 0.1) is 11.4 Å². The molecule has 0 saturated heterocycles. The van der Waals surface area contributed by atoms with Crippen LogP contribution in [0.3, 0.4) is 0 Å². The fourth-order valence-electron chi connectivity index (χ4n) is 1.14. The molecule has 1 aromatic carbocycles. The Kier molecular flexibility index (Phi) is 4.80. The lowest BCUT2D eigenvalue weighted by Gasteiger charge is -2.10. The predicted octanol–water partition coefficient (Wildman–Crippen LogP) is 2.59. The van der Waals surface area contributed by atoms with Gasteiger partial charge in [-0.05, 0) is 25.1 Å². The standard InChI is InChI=1S/C11H10ClN5/c1-2-15-10-4-3-8(12)5-11(10)17-16-9(6-13)7-14/h3-5,15,17H,2H2,1H3. The smallest absolute Gasteiger partial charge is 0.237 e. The van der Waals surface area contributed by atoms with E-state index in [4.69, 9.17) is 22.1 Å². The molecule has 0 fully saturated rings. The predicted molar refractivity (Wildman–Crippen MR) is 67.9 cm³/mol. The Morgan fingerprint density at radius 3 is 2.65 bits per heavy atom. The van der Waals surface area contributed by atoms with Crippen molar-refractivity contribution in [3.63, 3.8) is 0 Å². The van der Waals surface area contributed by atoms with E-state index in [0.29, 0.717) is 10.7 Å². The molecule has 0 bridgehead atoms. The van der Waals surface area contributed by atoms with E-state index in [9.17, 15) is 0 Å². The summed E-state index contributed by atoms with van der Waals surface area (Å²) in [5, 5.41) is 24.4. The molecule has 0 saturated carbocycles. The Morgan fingerprint density at radius 2 is 2.06 bits per heavy atom. The largest absolute Gasteiger partial charge is 0.384 e. The SMILES string of the molecule is CCNc1ccc(Cl)cc1NN=C(C#N)C#N. The third-order valence-electron chi connectivity index (χ3n) is 1.85. The zero-order valence-electron chi connectivity index (χ0n) is 9.16. The molecule has 0 aromatic heterocycles. The third kappa shape index (κ3) is 3.67. The van der Waals surface area contributed by atoms with Gasteiger partial charge in [0.25, 0.3) is 0 Å². The average Bonchev–Trinajstić information content (AvgIpc) is 2.34. The molecule has 1 aromatic rings. The minimum Gasteiger partial charge on any atom is -0.384 e. The van der Waals surface area contributed by atoms with Crippen LogP contribution < -0.4 is 10.7 Å². The summed E-state index contributed by atoms with van der Waals surface area (Å²) < 4.78 is 0. The fourth-order valence-corrected chi connectivity index (χ4v) is 1.32. The molecule has 0 radical (unpaired) electrons. The zero-order chi connectivity index (χ0) is 12.7. The molecule has 2 N–H and O–H groups in total. The van der Waals surface area contributed by atoms with E-state index in [1.165, 1.54) is 0 Å². The van der Waals surface area contributed by atoms with Gasteiger partial charge in [0, 0.05) is 11.6 Å². The fraction of sp³-hybridized carbons (Fsp3) is 0.182. The van der Waals surface area contributed by atoms with E-state index in [-0.39, 0.29) is 5.71 Å². The third-order valence-corrected chi connectivity index (χ3v) is 2.08. The maximum Gasteiger partial charge on any atom is 0.237 e. The van der Waals surface area contributed by atoms with Crippen LogP contribution in [0.25, 0.3) is 0 Å². The average molecular weight is 248 g/mol. The number of nitriles is 2. The van der Waals surface area contributed by atoms with Gasteiger partial charge in [-0.2, -0.15) is 15.6 Å². The summed E-state index contributed by atoms with van der Waals surface area (Å²) in [6, 6.07) is 8.52. The zero-order valence-corrected chi connectivity index (χ0v) is 9.91. The van der Waals surface area contributed by atoms with E-state index in [2.05, 4.69) is 15.8 Å². The molecule has 0 unspecified atom stereocenters. The van der Waals surface area contributed by atoms with Crippen molar-refractivity contribution in [1.29, 1.82) is 10.5 Å². The molecule has 0 atom stereocenters. The molecular formula is C11H10ClN5. The van der Waals surface area contributed by atoms with E-state index < -0.39 is 0 Å². The highest BCUT2D eigenvalue weighted by molar-refractivity contribution is 6.31. The van der Waals surface area contributed by atoms with Crippen molar-refractivity contribution in [2.45, 2.75) is 6.92 Å². The first kappa shape index (κ1) is 12.8. The first-order chi connectivity index (χ1) is 8.21. The van der Waals surface area contributed by atoms with Gasteiger partial charge in [0.15, 0.2) is 0 Å². The topological polar surface area (TPSA) is 84.0 Å². The number of nitrogens with zero attached hydrogens (tertiary/aromatic N) is 3. The molecule has 0 amide bonds. The van der Waals surface area contributed by atoms with Crippen LogP contribution >= 0.6 is 11.6 Å². The summed E-state index contributed by atoms with van der Waals surface area (Å²) in [5.74, 6) is 0. The Balaban J connectivity index is 2.97. The lowest BCUT2D eigenvalue weighted by Crippen LogP contribution is -2.02. The number of hydrogen-bond donors (Lipinski definition) is 2. The molecule has 0 spiro atoms. The second kappa shape index (κ2) is 6.37. The molecule has 0 heterocycles. The van der Waals surface area contributed by atoms with Gasteiger partial charge >= 0.3 is 0 Å². The summed E-state index contributed by atoms with van der Waals surface area (Å²) >= 11 is 5.85. The van der Waals surface area contributed by atoms with Crippen molar-refractivity contribution < 1.29 is 0 Å². The van der Waals surface area contributed by atoms with Crippen molar-refractivity contribution in [2.75, 3.05) is 17.3 Å². The molecule has 86 valence electrons.